The molecule has 31 heavy (non-hydrogen) atoms. The summed E-state index contributed by atoms with van der Waals surface area (Å²) >= 11 is 0. The molecule has 0 bridgehead atoms. The van der Waals surface area contributed by atoms with Crippen LogP contribution in [0.4, 0.5) is 0 Å². The van der Waals surface area contributed by atoms with Gasteiger partial charge < -0.3 is 20.1 Å². The number of nitrogens with one attached hydrogen (secondary N) is 1. The topological polar surface area (TPSA) is 129 Å². The van der Waals surface area contributed by atoms with Crippen molar-refractivity contribution in [2.45, 2.75) is 13.1 Å². The van der Waals surface area contributed by atoms with Gasteiger partial charge in [-0.15, -0.1) is 0 Å². The standard InChI is InChI=1S/C22H20N6O3/c1-24-9-14-2-4-15(5-3-14)17-8-20(31-27-17)19-11-25-10-18(26-19)16-6-7-22(30)28(12-16)13-21(23)29/h2-8,10-12,24H,9,13H2,1H3,(H2,23,29). The lowest BCUT2D eigenvalue weighted by Crippen LogP contribution is -2.27. The Balaban J connectivity index is 1.62. The fourth-order valence-electron chi connectivity index (χ4n) is 3.13. The third-order valence-electron chi connectivity index (χ3n) is 4.63. The zero-order valence-electron chi connectivity index (χ0n) is 16.8. The molecule has 0 unspecified atom stereocenters. The quantitative estimate of drug-likeness (QED) is 0.470. The fraction of sp³-hybridized carbons (Fsp3) is 0.136. The lowest BCUT2D eigenvalue weighted by Gasteiger charge is -2.06. The maximum atomic E-state index is 11.9. The first kappa shape index (κ1) is 20.2. The third-order valence-corrected chi connectivity index (χ3v) is 4.63. The molecule has 3 N–H and O–H groups in total. The molecule has 0 saturated carbocycles. The molecule has 0 aliphatic heterocycles. The van der Waals surface area contributed by atoms with E-state index in [-0.39, 0.29) is 12.1 Å². The van der Waals surface area contributed by atoms with Crippen molar-refractivity contribution in [2.24, 2.45) is 5.73 Å². The van der Waals surface area contributed by atoms with E-state index in [9.17, 15) is 9.59 Å². The number of hydrogen-bond donors (Lipinski definition) is 2. The minimum atomic E-state index is -0.604. The molecule has 3 heterocycles. The van der Waals surface area contributed by atoms with Crippen molar-refractivity contribution in [3.05, 3.63) is 77.0 Å². The molecule has 0 radical (unpaired) electrons. The highest BCUT2D eigenvalue weighted by Crippen LogP contribution is 2.26. The number of nitrogens with zero attached hydrogens (tertiary/aromatic N) is 4. The normalized spacial score (nSPS) is 10.9. The van der Waals surface area contributed by atoms with Gasteiger partial charge in [-0.25, -0.2) is 4.98 Å². The third kappa shape index (κ3) is 4.57. The van der Waals surface area contributed by atoms with Crippen LogP contribution in [0.15, 0.2) is 70.4 Å². The Kier molecular flexibility index (Phi) is 5.67. The molecular formula is C22H20N6O3. The van der Waals surface area contributed by atoms with E-state index in [1.165, 1.54) is 22.4 Å². The summed E-state index contributed by atoms with van der Waals surface area (Å²) in [7, 11) is 1.90. The Hall–Kier alpha value is -4.11. The van der Waals surface area contributed by atoms with Crippen LogP contribution in [0.5, 0.6) is 0 Å². The van der Waals surface area contributed by atoms with Gasteiger partial charge in [0.1, 0.15) is 17.9 Å². The molecule has 0 atom stereocenters. The number of rotatable bonds is 7. The summed E-state index contributed by atoms with van der Waals surface area (Å²) in [5.41, 5.74) is 9.30. The zero-order valence-corrected chi connectivity index (χ0v) is 16.8. The number of aromatic nitrogens is 4. The SMILES string of the molecule is CNCc1ccc(-c2cc(-c3cncc(-c4ccc(=O)n(CC(N)=O)c4)n3)on2)cc1. The Labute approximate surface area is 177 Å². The van der Waals surface area contributed by atoms with Crippen LogP contribution in [-0.4, -0.2) is 32.6 Å². The van der Waals surface area contributed by atoms with Gasteiger partial charge in [-0.3, -0.25) is 14.6 Å². The summed E-state index contributed by atoms with van der Waals surface area (Å²) in [5, 5.41) is 7.26. The Morgan fingerprint density at radius 2 is 1.81 bits per heavy atom. The Morgan fingerprint density at radius 1 is 1.06 bits per heavy atom. The lowest BCUT2D eigenvalue weighted by molar-refractivity contribution is -0.118. The largest absolute Gasteiger partial charge is 0.368 e. The number of hydrogen-bond acceptors (Lipinski definition) is 7. The Bertz CT molecular complexity index is 1280. The predicted molar refractivity (Wildman–Crippen MR) is 115 cm³/mol. The van der Waals surface area contributed by atoms with Gasteiger partial charge in [0.25, 0.3) is 5.56 Å². The molecule has 4 rings (SSSR count). The fourth-order valence-corrected chi connectivity index (χ4v) is 3.13. The Morgan fingerprint density at radius 3 is 2.55 bits per heavy atom. The molecule has 0 fully saturated rings. The van der Waals surface area contributed by atoms with Gasteiger partial charge >= 0.3 is 0 Å². The first-order chi connectivity index (χ1) is 15.0. The van der Waals surface area contributed by atoms with Gasteiger partial charge in [-0.1, -0.05) is 29.4 Å². The van der Waals surface area contributed by atoms with Crippen LogP contribution in [0.1, 0.15) is 5.56 Å². The van der Waals surface area contributed by atoms with Crippen LogP contribution >= 0.6 is 0 Å². The molecule has 0 aliphatic rings. The van der Waals surface area contributed by atoms with Gasteiger partial charge in [-0.05, 0) is 18.7 Å². The van der Waals surface area contributed by atoms with Gasteiger partial charge in [-0.2, -0.15) is 0 Å². The number of amides is 1. The van der Waals surface area contributed by atoms with Crippen molar-refractivity contribution < 1.29 is 9.32 Å². The van der Waals surface area contributed by atoms with E-state index in [2.05, 4.69) is 20.4 Å². The molecule has 3 aromatic heterocycles. The average molecular weight is 416 g/mol. The van der Waals surface area contributed by atoms with Gasteiger partial charge in [0.2, 0.25) is 5.91 Å². The summed E-state index contributed by atoms with van der Waals surface area (Å²) in [5.74, 6) is -0.138. The van der Waals surface area contributed by atoms with Gasteiger partial charge in [0, 0.05) is 36.0 Å². The summed E-state index contributed by atoms with van der Waals surface area (Å²) in [6, 6.07) is 12.8. The highest BCUT2D eigenvalue weighted by atomic mass is 16.5. The maximum absolute atomic E-state index is 11.9. The van der Waals surface area contributed by atoms with Crippen molar-refractivity contribution in [1.82, 2.24) is 25.0 Å². The molecule has 0 aliphatic carbocycles. The molecule has 0 spiro atoms. The average Bonchev–Trinajstić information content (AvgIpc) is 3.26. The second kappa shape index (κ2) is 8.72. The number of nitrogens with two attached hydrogens (primary N) is 1. The van der Waals surface area contributed by atoms with E-state index in [0.717, 1.165) is 12.1 Å². The molecule has 156 valence electrons. The number of primary amides is 1. The second-order valence-corrected chi connectivity index (χ2v) is 6.94. The number of pyridine rings is 1. The first-order valence-corrected chi connectivity index (χ1v) is 9.55. The van der Waals surface area contributed by atoms with Crippen LogP contribution in [-0.2, 0) is 17.9 Å². The van der Waals surface area contributed by atoms with Gasteiger partial charge in [0.15, 0.2) is 5.76 Å². The first-order valence-electron chi connectivity index (χ1n) is 9.55. The molecule has 0 saturated heterocycles. The molecule has 9 nitrogen and oxygen atoms in total. The molecule has 1 amide bonds. The van der Waals surface area contributed by atoms with Crippen molar-refractivity contribution >= 4 is 5.91 Å². The summed E-state index contributed by atoms with van der Waals surface area (Å²) < 4.78 is 6.72. The summed E-state index contributed by atoms with van der Waals surface area (Å²) in [4.78, 5) is 31.9. The van der Waals surface area contributed by atoms with Crippen LogP contribution in [0.25, 0.3) is 34.0 Å². The van der Waals surface area contributed by atoms with E-state index < -0.39 is 5.91 Å². The van der Waals surface area contributed by atoms with Crippen molar-refractivity contribution in [1.29, 1.82) is 0 Å². The number of benzene rings is 1. The molecule has 4 aromatic rings. The molecular weight excluding hydrogens is 396 g/mol. The highest BCUT2D eigenvalue weighted by molar-refractivity contribution is 5.73. The van der Waals surface area contributed by atoms with Crippen LogP contribution in [0, 0.1) is 0 Å². The predicted octanol–water partition coefficient (Wildman–Crippen LogP) is 1.83. The van der Waals surface area contributed by atoms with E-state index >= 15 is 0 Å². The number of carbonyl (C=O) groups excluding carboxylic acids is 1. The second-order valence-electron chi connectivity index (χ2n) is 6.94. The van der Waals surface area contributed by atoms with E-state index in [4.69, 9.17) is 10.3 Å². The van der Waals surface area contributed by atoms with Crippen molar-refractivity contribution in [3.8, 4) is 34.0 Å². The molecule has 9 heteroatoms. The van der Waals surface area contributed by atoms with Gasteiger partial charge in [0.05, 0.1) is 18.1 Å². The van der Waals surface area contributed by atoms with Crippen molar-refractivity contribution in [3.63, 3.8) is 0 Å². The summed E-state index contributed by atoms with van der Waals surface area (Å²) in [6.07, 6.45) is 4.67. The van der Waals surface area contributed by atoms with E-state index in [1.54, 1.807) is 24.5 Å². The zero-order chi connectivity index (χ0) is 21.8. The van der Waals surface area contributed by atoms with Crippen LogP contribution in [0.2, 0.25) is 0 Å². The van der Waals surface area contributed by atoms with E-state index in [1.807, 2.05) is 31.3 Å². The summed E-state index contributed by atoms with van der Waals surface area (Å²) in [6.45, 7) is 0.581. The lowest BCUT2D eigenvalue weighted by atomic mass is 10.1. The highest BCUT2D eigenvalue weighted by Gasteiger charge is 2.12. The van der Waals surface area contributed by atoms with Crippen LogP contribution < -0.4 is 16.6 Å². The van der Waals surface area contributed by atoms with Crippen molar-refractivity contribution in [2.75, 3.05) is 7.05 Å². The minimum Gasteiger partial charge on any atom is -0.368 e. The smallest absolute Gasteiger partial charge is 0.251 e. The van der Waals surface area contributed by atoms with E-state index in [0.29, 0.717) is 28.4 Å². The maximum Gasteiger partial charge on any atom is 0.251 e. The minimum absolute atomic E-state index is 0.210. The molecule has 1 aromatic carbocycles. The monoisotopic (exact) mass is 416 g/mol. The van der Waals surface area contributed by atoms with Crippen LogP contribution in [0.3, 0.4) is 0 Å². The number of carbonyl (C=O) groups is 1.